The number of aromatic nitrogens is 1. The number of likely N-dealkylation sites (N-methyl/N-ethyl adjacent to an activating group) is 1. The molecule has 0 aliphatic heterocycles. The summed E-state index contributed by atoms with van der Waals surface area (Å²) in [6.07, 6.45) is 2.98. The highest BCUT2D eigenvalue weighted by Gasteiger charge is 2.10. The SMILES string of the molecule is CCCOCC(NC)c1cnc2ccccc2c1. The van der Waals surface area contributed by atoms with Crippen molar-refractivity contribution >= 4 is 10.9 Å². The lowest BCUT2D eigenvalue weighted by Gasteiger charge is -2.16. The minimum absolute atomic E-state index is 0.202. The molecule has 1 aromatic carbocycles. The molecule has 0 aliphatic rings. The summed E-state index contributed by atoms with van der Waals surface area (Å²) in [5.41, 5.74) is 2.21. The number of rotatable bonds is 6. The molecule has 0 spiro atoms. The average Bonchev–Trinajstić information content (AvgIpc) is 2.43. The van der Waals surface area contributed by atoms with Gasteiger partial charge in [-0.2, -0.15) is 0 Å². The van der Waals surface area contributed by atoms with E-state index in [4.69, 9.17) is 4.74 Å². The molecular formula is C15H20N2O. The van der Waals surface area contributed by atoms with Crippen LogP contribution in [-0.2, 0) is 4.74 Å². The number of fused-ring (bicyclic) bond motifs is 1. The number of para-hydroxylation sites is 1. The first kappa shape index (κ1) is 13.0. The fourth-order valence-corrected chi connectivity index (χ4v) is 1.97. The monoisotopic (exact) mass is 244 g/mol. The largest absolute Gasteiger partial charge is 0.379 e. The van der Waals surface area contributed by atoms with Crippen molar-refractivity contribution in [2.24, 2.45) is 0 Å². The Morgan fingerprint density at radius 3 is 2.94 bits per heavy atom. The van der Waals surface area contributed by atoms with E-state index in [2.05, 4.69) is 29.4 Å². The highest BCUT2D eigenvalue weighted by atomic mass is 16.5. The Bertz CT molecular complexity index is 499. The van der Waals surface area contributed by atoms with Crippen molar-refractivity contribution in [1.29, 1.82) is 0 Å². The van der Waals surface area contributed by atoms with E-state index in [0.29, 0.717) is 6.61 Å². The van der Waals surface area contributed by atoms with E-state index in [1.165, 1.54) is 10.9 Å². The Morgan fingerprint density at radius 1 is 1.33 bits per heavy atom. The minimum Gasteiger partial charge on any atom is -0.379 e. The molecule has 0 fully saturated rings. The molecular weight excluding hydrogens is 224 g/mol. The molecule has 96 valence electrons. The van der Waals surface area contributed by atoms with Gasteiger partial charge in [-0.15, -0.1) is 0 Å². The fourth-order valence-electron chi connectivity index (χ4n) is 1.97. The summed E-state index contributed by atoms with van der Waals surface area (Å²) in [7, 11) is 1.95. The summed E-state index contributed by atoms with van der Waals surface area (Å²) in [5, 5.41) is 4.45. The summed E-state index contributed by atoms with van der Waals surface area (Å²) in [4.78, 5) is 4.48. The molecule has 0 radical (unpaired) electrons. The molecule has 0 saturated carbocycles. The smallest absolute Gasteiger partial charge is 0.0702 e. The summed E-state index contributed by atoms with van der Waals surface area (Å²) in [6, 6.07) is 10.5. The van der Waals surface area contributed by atoms with Gasteiger partial charge in [0, 0.05) is 18.2 Å². The van der Waals surface area contributed by atoms with Crippen molar-refractivity contribution in [3.63, 3.8) is 0 Å². The second-order valence-corrected chi connectivity index (χ2v) is 4.38. The first-order valence-electron chi connectivity index (χ1n) is 6.45. The topological polar surface area (TPSA) is 34.1 Å². The Balaban J connectivity index is 2.17. The van der Waals surface area contributed by atoms with Gasteiger partial charge in [0.1, 0.15) is 0 Å². The molecule has 0 amide bonds. The van der Waals surface area contributed by atoms with Crippen LogP contribution < -0.4 is 5.32 Å². The van der Waals surface area contributed by atoms with Crippen LogP contribution >= 0.6 is 0 Å². The van der Waals surface area contributed by atoms with Crippen LogP contribution in [0.1, 0.15) is 24.9 Å². The molecule has 2 rings (SSSR count). The molecule has 1 N–H and O–H groups in total. The van der Waals surface area contributed by atoms with Gasteiger partial charge in [0.25, 0.3) is 0 Å². The van der Waals surface area contributed by atoms with Gasteiger partial charge >= 0.3 is 0 Å². The number of hydrogen-bond acceptors (Lipinski definition) is 3. The van der Waals surface area contributed by atoms with Crippen molar-refractivity contribution < 1.29 is 4.74 Å². The second-order valence-electron chi connectivity index (χ2n) is 4.38. The second kappa shape index (κ2) is 6.47. The van der Waals surface area contributed by atoms with Gasteiger partial charge in [0.05, 0.1) is 18.2 Å². The van der Waals surface area contributed by atoms with Crippen LogP contribution in [0.5, 0.6) is 0 Å². The third-order valence-corrected chi connectivity index (χ3v) is 3.00. The summed E-state index contributed by atoms with van der Waals surface area (Å²) < 4.78 is 5.61. The standard InChI is InChI=1S/C15H20N2O/c1-3-8-18-11-15(16-2)13-9-12-6-4-5-7-14(12)17-10-13/h4-7,9-10,15-16H,3,8,11H2,1-2H3. The minimum atomic E-state index is 0.202. The maximum atomic E-state index is 5.61. The molecule has 1 aromatic heterocycles. The van der Waals surface area contributed by atoms with Crippen LogP contribution in [0.3, 0.4) is 0 Å². The van der Waals surface area contributed by atoms with Gasteiger partial charge < -0.3 is 10.1 Å². The highest BCUT2D eigenvalue weighted by Crippen LogP contribution is 2.18. The lowest BCUT2D eigenvalue weighted by Crippen LogP contribution is -2.22. The number of hydrogen-bond donors (Lipinski definition) is 1. The van der Waals surface area contributed by atoms with Crippen LogP contribution in [0.15, 0.2) is 36.5 Å². The van der Waals surface area contributed by atoms with E-state index < -0.39 is 0 Å². The van der Waals surface area contributed by atoms with Crippen LogP contribution in [0, 0.1) is 0 Å². The molecule has 0 bridgehead atoms. The average molecular weight is 244 g/mol. The lowest BCUT2D eigenvalue weighted by molar-refractivity contribution is 0.114. The Labute approximate surface area is 108 Å². The maximum absolute atomic E-state index is 5.61. The van der Waals surface area contributed by atoms with E-state index in [1.54, 1.807) is 0 Å². The molecule has 0 aliphatic carbocycles. The molecule has 0 saturated heterocycles. The maximum Gasteiger partial charge on any atom is 0.0702 e. The van der Waals surface area contributed by atoms with Crippen LogP contribution in [0.2, 0.25) is 0 Å². The summed E-state index contributed by atoms with van der Waals surface area (Å²) in [5.74, 6) is 0. The van der Waals surface area contributed by atoms with Crippen LogP contribution in [-0.4, -0.2) is 25.2 Å². The van der Waals surface area contributed by atoms with Gasteiger partial charge in [-0.1, -0.05) is 25.1 Å². The molecule has 18 heavy (non-hydrogen) atoms. The first-order valence-corrected chi connectivity index (χ1v) is 6.45. The summed E-state index contributed by atoms with van der Waals surface area (Å²) >= 11 is 0. The van der Waals surface area contributed by atoms with Gasteiger partial charge in [0.15, 0.2) is 0 Å². The number of benzene rings is 1. The zero-order valence-electron chi connectivity index (χ0n) is 11.0. The van der Waals surface area contributed by atoms with Gasteiger partial charge in [0.2, 0.25) is 0 Å². The van der Waals surface area contributed by atoms with Crippen molar-refractivity contribution in [2.75, 3.05) is 20.3 Å². The molecule has 2 aromatic rings. The van der Waals surface area contributed by atoms with E-state index >= 15 is 0 Å². The van der Waals surface area contributed by atoms with Crippen molar-refractivity contribution in [1.82, 2.24) is 10.3 Å². The third-order valence-electron chi connectivity index (χ3n) is 3.00. The predicted molar refractivity (Wildman–Crippen MR) is 74.7 cm³/mol. The molecule has 3 heteroatoms. The zero-order chi connectivity index (χ0) is 12.8. The van der Waals surface area contributed by atoms with Gasteiger partial charge in [-0.25, -0.2) is 0 Å². The van der Waals surface area contributed by atoms with Crippen molar-refractivity contribution in [3.8, 4) is 0 Å². The molecule has 1 heterocycles. The number of ether oxygens (including phenoxy) is 1. The third kappa shape index (κ3) is 3.06. The zero-order valence-corrected chi connectivity index (χ0v) is 11.0. The Morgan fingerprint density at radius 2 is 2.17 bits per heavy atom. The van der Waals surface area contributed by atoms with Crippen LogP contribution in [0.4, 0.5) is 0 Å². The number of nitrogens with zero attached hydrogens (tertiary/aromatic N) is 1. The van der Waals surface area contributed by atoms with Crippen LogP contribution in [0.25, 0.3) is 10.9 Å². The Kier molecular flexibility index (Phi) is 4.67. The van der Waals surface area contributed by atoms with E-state index in [9.17, 15) is 0 Å². The van der Waals surface area contributed by atoms with E-state index in [-0.39, 0.29) is 6.04 Å². The fraction of sp³-hybridized carbons (Fsp3) is 0.400. The molecule has 3 nitrogen and oxygen atoms in total. The highest BCUT2D eigenvalue weighted by molar-refractivity contribution is 5.78. The van der Waals surface area contributed by atoms with Crippen molar-refractivity contribution in [3.05, 3.63) is 42.1 Å². The number of nitrogens with one attached hydrogen (secondary N) is 1. The Hall–Kier alpha value is -1.45. The summed E-state index contributed by atoms with van der Waals surface area (Å²) in [6.45, 7) is 3.61. The predicted octanol–water partition coefficient (Wildman–Crippen LogP) is 2.92. The van der Waals surface area contributed by atoms with Gasteiger partial charge in [-0.05, 0) is 31.2 Å². The molecule has 1 atom stereocenters. The lowest BCUT2D eigenvalue weighted by atomic mass is 10.1. The first-order chi connectivity index (χ1) is 8.85. The quantitative estimate of drug-likeness (QED) is 0.793. The van der Waals surface area contributed by atoms with Crippen molar-refractivity contribution in [2.45, 2.75) is 19.4 Å². The van der Waals surface area contributed by atoms with E-state index in [0.717, 1.165) is 18.5 Å². The molecule has 1 unspecified atom stereocenters. The van der Waals surface area contributed by atoms with E-state index in [1.807, 2.05) is 31.4 Å². The normalized spacial score (nSPS) is 12.8. The van der Waals surface area contributed by atoms with Gasteiger partial charge in [-0.3, -0.25) is 4.98 Å². The number of pyridine rings is 1.